The number of aliphatic hydroxyl groups excluding tert-OH is 1. The van der Waals surface area contributed by atoms with Gasteiger partial charge in [-0.15, -0.1) is 0 Å². The number of hydrogen-bond acceptors (Lipinski definition) is 3. The predicted octanol–water partition coefficient (Wildman–Crippen LogP) is 1.22. The summed E-state index contributed by atoms with van der Waals surface area (Å²) >= 11 is 0. The third kappa shape index (κ3) is 4.96. The third-order valence-electron chi connectivity index (χ3n) is 3.15. The summed E-state index contributed by atoms with van der Waals surface area (Å²) in [5.74, 6) is 0. The van der Waals surface area contributed by atoms with E-state index in [1.807, 2.05) is 0 Å². The van der Waals surface area contributed by atoms with Crippen LogP contribution in [0, 0.1) is 0 Å². The first-order valence-electron chi connectivity index (χ1n) is 6.25. The molecule has 0 spiro atoms. The van der Waals surface area contributed by atoms with Crippen LogP contribution >= 0.6 is 0 Å². The Morgan fingerprint density at radius 3 is 2.73 bits per heavy atom. The highest BCUT2D eigenvalue weighted by Crippen LogP contribution is 2.16. The zero-order chi connectivity index (χ0) is 11.3. The molecule has 2 unspecified atom stereocenters. The molecule has 1 heterocycles. The summed E-state index contributed by atoms with van der Waals surface area (Å²) in [7, 11) is 0. The van der Waals surface area contributed by atoms with E-state index in [-0.39, 0.29) is 6.10 Å². The maximum absolute atomic E-state index is 9.86. The topological polar surface area (TPSA) is 35.5 Å². The number of rotatable bonds is 5. The standard InChI is InChI=1S/C12H26N2O/c1-10(2)13-8-12(15)9-14-7-5-4-6-11(14)3/h10-13,15H,4-9H2,1-3H3. The molecule has 1 rings (SSSR count). The highest BCUT2D eigenvalue weighted by molar-refractivity contribution is 4.76. The van der Waals surface area contributed by atoms with E-state index in [0.717, 1.165) is 13.1 Å². The summed E-state index contributed by atoms with van der Waals surface area (Å²) in [6.45, 7) is 9.16. The lowest BCUT2D eigenvalue weighted by atomic mass is 10.0. The van der Waals surface area contributed by atoms with Crippen molar-refractivity contribution in [3.63, 3.8) is 0 Å². The molecule has 3 heteroatoms. The average molecular weight is 214 g/mol. The fourth-order valence-corrected chi connectivity index (χ4v) is 2.14. The lowest BCUT2D eigenvalue weighted by Gasteiger charge is -2.34. The summed E-state index contributed by atoms with van der Waals surface area (Å²) in [6.07, 6.45) is 3.68. The number of β-amino-alcohol motifs (C(OH)–C–C–N with tert-alkyl or cyclic N) is 1. The molecule has 2 N–H and O–H groups in total. The van der Waals surface area contributed by atoms with Crippen molar-refractivity contribution in [2.75, 3.05) is 19.6 Å². The summed E-state index contributed by atoms with van der Waals surface area (Å²) in [5, 5.41) is 13.1. The van der Waals surface area contributed by atoms with Crippen LogP contribution in [0.25, 0.3) is 0 Å². The normalized spacial score (nSPS) is 25.8. The molecule has 1 aliphatic rings. The molecule has 2 atom stereocenters. The SMILES string of the molecule is CC(C)NCC(O)CN1CCCCC1C. The lowest BCUT2D eigenvalue weighted by molar-refractivity contribution is 0.0721. The highest BCUT2D eigenvalue weighted by Gasteiger charge is 2.20. The minimum Gasteiger partial charge on any atom is -0.390 e. The van der Waals surface area contributed by atoms with Crippen molar-refractivity contribution in [3.05, 3.63) is 0 Å². The van der Waals surface area contributed by atoms with Crippen LogP contribution in [0.2, 0.25) is 0 Å². The Morgan fingerprint density at radius 2 is 2.13 bits per heavy atom. The number of nitrogens with one attached hydrogen (secondary N) is 1. The fraction of sp³-hybridized carbons (Fsp3) is 1.00. The van der Waals surface area contributed by atoms with Crippen LogP contribution < -0.4 is 5.32 Å². The van der Waals surface area contributed by atoms with Gasteiger partial charge in [0, 0.05) is 25.2 Å². The second-order valence-corrected chi connectivity index (χ2v) is 5.06. The van der Waals surface area contributed by atoms with Crippen molar-refractivity contribution in [1.29, 1.82) is 0 Å². The molecule has 0 aromatic carbocycles. The molecule has 0 aromatic heterocycles. The van der Waals surface area contributed by atoms with Crippen molar-refractivity contribution < 1.29 is 5.11 Å². The van der Waals surface area contributed by atoms with Gasteiger partial charge in [0.2, 0.25) is 0 Å². The van der Waals surface area contributed by atoms with Gasteiger partial charge in [0.25, 0.3) is 0 Å². The van der Waals surface area contributed by atoms with Crippen LogP contribution in [0.15, 0.2) is 0 Å². The van der Waals surface area contributed by atoms with E-state index in [9.17, 15) is 5.11 Å². The Bertz CT molecular complexity index is 173. The van der Waals surface area contributed by atoms with Crippen LogP contribution in [0.5, 0.6) is 0 Å². The van der Waals surface area contributed by atoms with Crippen molar-refractivity contribution >= 4 is 0 Å². The molecule has 0 aliphatic carbocycles. The van der Waals surface area contributed by atoms with E-state index in [2.05, 4.69) is 31.0 Å². The molecule has 3 nitrogen and oxygen atoms in total. The van der Waals surface area contributed by atoms with Gasteiger partial charge in [-0.1, -0.05) is 20.3 Å². The van der Waals surface area contributed by atoms with E-state index >= 15 is 0 Å². The van der Waals surface area contributed by atoms with Gasteiger partial charge in [-0.05, 0) is 26.3 Å². The number of nitrogens with zero attached hydrogens (tertiary/aromatic N) is 1. The fourth-order valence-electron chi connectivity index (χ4n) is 2.14. The highest BCUT2D eigenvalue weighted by atomic mass is 16.3. The zero-order valence-corrected chi connectivity index (χ0v) is 10.4. The second-order valence-electron chi connectivity index (χ2n) is 5.06. The number of likely N-dealkylation sites (tertiary alicyclic amines) is 1. The van der Waals surface area contributed by atoms with Gasteiger partial charge in [-0.2, -0.15) is 0 Å². The molecule has 15 heavy (non-hydrogen) atoms. The van der Waals surface area contributed by atoms with Gasteiger partial charge in [-0.3, -0.25) is 4.90 Å². The minimum absolute atomic E-state index is 0.229. The Balaban J connectivity index is 2.20. The Kier molecular flexibility index (Phi) is 5.58. The van der Waals surface area contributed by atoms with Crippen molar-refractivity contribution in [2.45, 2.75) is 58.2 Å². The zero-order valence-electron chi connectivity index (χ0n) is 10.4. The Hall–Kier alpha value is -0.120. The lowest BCUT2D eigenvalue weighted by Crippen LogP contribution is -2.45. The van der Waals surface area contributed by atoms with Crippen LogP contribution in [-0.4, -0.2) is 47.8 Å². The average Bonchev–Trinajstić information content (AvgIpc) is 2.18. The number of piperidine rings is 1. The van der Waals surface area contributed by atoms with Gasteiger partial charge < -0.3 is 10.4 Å². The summed E-state index contributed by atoms with van der Waals surface area (Å²) in [6, 6.07) is 1.10. The largest absolute Gasteiger partial charge is 0.390 e. The first-order chi connectivity index (χ1) is 7.09. The quantitative estimate of drug-likeness (QED) is 0.722. The molecule has 90 valence electrons. The molecular weight excluding hydrogens is 188 g/mol. The van der Waals surface area contributed by atoms with E-state index in [4.69, 9.17) is 0 Å². The molecule has 0 radical (unpaired) electrons. The molecular formula is C12H26N2O. The first kappa shape index (κ1) is 12.9. The molecule has 0 amide bonds. The van der Waals surface area contributed by atoms with E-state index < -0.39 is 0 Å². The van der Waals surface area contributed by atoms with Crippen molar-refractivity contribution in [3.8, 4) is 0 Å². The Morgan fingerprint density at radius 1 is 1.40 bits per heavy atom. The van der Waals surface area contributed by atoms with Crippen molar-refractivity contribution in [1.82, 2.24) is 10.2 Å². The smallest absolute Gasteiger partial charge is 0.0791 e. The van der Waals surface area contributed by atoms with E-state index in [0.29, 0.717) is 18.6 Å². The number of hydrogen-bond donors (Lipinski definition) is 2. The molecule has 1 fully saturated rings. The van der Waals surface area contributed by atoms with Gasteiger partial charge in [0.05, 0.1) is 6.10 Å². The summed E-state index contributed by atoms with van der Waals surface area (Å²) in [5.41, 5.74) is 0. The van der Waals surface area contributed by atoms with E-state index in [1.54, 1.807) is 0 Å². The maximum atomic E-state index is 9.86. The Labute approximate surface area is 93.9 Å². The molecule has 1 saturated heterocycles. The molecule has 0 saturated carbocycles. The monoisotopic (exact) mass is 214 g/mol. The molecule has 0 bridgehead atoms. The van der Waals surface area contributed by atoms with Crippen LogP contribution in [0.1, 0.15) is 40.0 Å². The summed E-state index contributed by atoms with van der Waals surface area (Å²) in [4.78, 5) is 2.41. The van der Waals surface area contributed by atoms with Gasteiger partial charge in [-0.25, -0.2) is 0 Å². The third-order valence-corrected chi connectivity index (χ3v) is 3.15. The minimum atomic E-state index is -0.229. The number of aliphatic hydroxyl groups is 1. The first-order valence-corrected chi connectivity index (χ1v) is 6.25. The molecule has 0 aromatic rings. The van der Waals surface area contributed by atoms with Gasteiger partial charge >= 0.3 is 0 Å². The second kappa shape index (κ2) is 6.46. The van der Waals surface area contributed by atoms with Crippen LogP contribution in [0.4, 0.5) is 0 Å². The summed E-state index contributed by atoms with van der Waals surface area (Å²) < 4.78 is 0. The maximum Gasteiger partial charge on any atom is 0.0791 e. The van der Waals surface area contributed by atoms with Gasteiger partial charge in [0.15, 0.2) is 0 Å². The van der Waals surface area contributed by atoms with E-state index in [1.165, 1.54) is 19.3 Å². The van der Waals surface area contributed by atoms with Gasteiger partial charge in [0.1, 0.15) is 0 Å². The van der Waals surface area contributed by atoms with Crippen LogP contribution in [-0.2, 0) is 0 Å². The molecule has 1 aliphatic heterocycles. The van der Waals surface area contributed by atoms with Crippen molar-refractivity contribution in [2.24, 2.45) is 0 Å². The predicted molar refractivity (Wildman–Crippen MR) is 64.0 cm³/mol. The van der Waals surface area contributed by atoms with Crippen LogP contribution in [0.3, 0.4) is 0 Å².